The number of hydrogen-bond acceptors (Lipinski definition) is 6. The van der Waals surface area contributed by atoms with E-state index in [9.17, 15) is 14.0 Å². The number of esters is 1. The Hall–Kier alpha value is -2.77. The molecular formula is C26H28FNO4S. The highest BCUT2D eigenvalue weighted by Gasteiger charge is 2.42. The molecule has 2 atom stereocenters. The van der Waals surface area contributed by atoms with Gasteiger partial charge in [0.15, 0.2) is 5.78 Å². The van der Waals surface area contributed by atoms with Crippen molar-refractivity contribution in [3.63, 3.8) is 0 Å². The molecule has 1 aliphatic carbocycles. The van der Waals surface area contributed by atoms with Crippen molar-refractivity contribution in [2.24, 2.45) is 5.92 Å². The van der Waals surface area contributed by atoms with Crippen LogP contribution in [0.15, 0.2) is 64.3 Å². The summed E-state index contributed by atoms with van der Waals surface area (Å²) in [5.41, 5.74) is 2.97. The first kappa shape index (κ1) is 23.4. The third-order valence-electron chi connectivity index (χ3n) is 5.92. The van der Waals surface area contributed by atoms with Crippen molar-refractivity contribution in [1.29, 1.82) is 0 Å². The highest BCUT2D eigenvalue weighted by atomic mass is 32.1. The van der Waals surface area contributed by atoms with Crippen molar-refractivity contribution in [2.45, 2.75) is 38.5 Å². The Balaban J connectivity index is 1.81. The van der Waals surface area contributed by atoms with Gasteiger partial charge in [-0.25, -0.2) is 9.18 Å². The van der Waals surface area contributed by atoms with E-state index in [1.54, 1.807) is 30.6 Å². The number of methoxy groups -OCH3 is 1. The fourth-order valence-corrected chi connectivity index (χ4v) is 5.32. The van der Waals surface area contributed by atoms with E-state index < -0.39 is 11.9 Å². The fourth-order valence-electron chi connectivity index (χ4n) is 4.48. The quantitative estimate of drug-likeness (QED) is 0.574. The molecule has 33 heavy (non-hydrogen) atoms. The molecule has 1 aliphatic heterocycles. The zero-order chi connectivity index (χ0) is 23.5. The first-order chi connectivity index (χ1) is 15.9. The molecule has 2 unspecified atom stereocenters. The number of halogens is 1. The Morgan fingerprint density at radius 3 is 2.61 bits per heavy atom. The lowest BCUT2D eigenvalue weighted by Gasteiger charge is -2.37. The number of Topliss-reactive ketones (excluding diaryl/α,β-unsaturated/α-hetero) is 1. The molecule has 1 aromatic heterocycles. The number of dihydropyridines is 1. The summed E-state index contributed by atoms with van der Waals surface area (Å²) in [4.78, 5) is 28.0. The van der Waals surface area contributed by atoms with Crippen LogP contribution in [0.5, 0.6) is 0 Å². The number of ether oxygens (including phenoxy) is 2. The second-order valence-corrected chi connectivity index (χ2v) is 9.84. The molecule has 2 heterocycles. The largest absolute Gasteiger partial charge is 0.462 e. The number of rotatable bonds is 7. The van der Waals surface area contributed by atoms with Crippen LogP contribution in [0, 0.1) is 11.7 Å². The van der Waals surface area contributed by atoms with E-state index >= 15 is 0 Å². The second kappa shape index (κ2) is 10.0. The van der Waals surface area contributed by atoms with E-state index in [0.29, 0.717) is 35.2 Å². The van der Waals surface area contributed by atoms with Crippen molar-refractivity contribution in [3.8, 4) is 0 Å². The van der Waals surface area contributed by atoms with Crippen molar-refractivity contribution < 1.29 is 23.5 Å². The molecule has 0 fully saturated rings. The zero-order valence-corrected chi connectivity index (χ0v) is 19.8. The fraction of sp³-hybridized carbons (Fsp3) is 0.385. The SMILES string of the molecule is COCC1=C(C(=O)OCC(C)C)C(c2ccc(F)cc2)C2=C(CC(c3cccs3)CC2=O)N1. The average Bonchev–Trinajstić information content (AvgIpc) is 3.32. The van der Waals surface area contributed by atoms with Crippen molar-refractivity contribution >= 4 is 23.1 Å². The Kier molecular flexibility index (Phi) is 7.10. The highest BCUT2D eigenvalue weighted by Crippen LogP contribution is 2.46. The Morgan fingerprint density at radius 1 is 1.21 bits per heavy atom. The lowest BCUT2D eigenvalue weighted by atomic mass is 9.72. The minimum absolute atomic E-state index is 0.0119. The van der Waals surface area contributed by atoms with Gasteiger partial charge in [-0.15, -0.1) is 11.3 Å². The standard InChI is InChI=1S/C26H28FNO4S/c1-15(2)13-32-26(30)25-20(14-31-3)28-19-11-17(22-5-4-10-33-22)12-21(29)24(19)23(25)16-6-8-18(27)9-7-16/h4-10,15,17,23,28H,11-14H2,1-3H3. The summed E-state index contributed by atoms with van der Waals surface area (Å²) in [7, 11) is 1.56. The van der Waals surface area contributed by atoms with Crippen LogP contribution in [0.4, 0.5) is 4.39 Å². The van der Waals surface area contributed by atoms with E-state index in [2.05, 4.69) is 11.4 Å². The molecule has 0 radical (unpaired) electrons. The normalized spacial score (nSPS) is 20.7. The van der Waals surface area contributed by atoms with Gasteiger partial charge >= 0.3 is 5.97 Å². The molecule has 4 rings (SSSR count). The maximum atomic E-state index is 13.7. The highest BCUT2D eigenvalue weighted by molar-refractivity contribution is 7.10. The van der Waals surface area contributed by atoms with Gasteiger partial charge in [-0.2, -0.15) is 0 Å². The first-order valence-electron chi connectivity index (χ1n) is 11.1. The summed E-state index contributed by atoms with van der Waals surface area (Å²) in [6.45, 7) is 4.35. The summed E-state index contributed by atoms with van der Waals surface area (Å²) < 4.78 is 24.7. The lowest BCUT2D eigenvalue weighted by Crippen LogP contribution is -2.38. The molecule has 0 saturated heterocycles. The molecule has 2 aliphatic rings. The molecule has 0 saturated carbocycles. The van der Waals surface area contributed by atoms with Gasteiger partial charge in [-0.05, 0) is 41.5 Å². The molecule has 1 aromatic carbocycles. The van der Waals surface area contributed by atoms with Crippen molar-refractivity contribution in [1.82, 2.24) is 5.32 Å². The van der Waals surface area contributed by atoms with Gasteiger partial charge in [0.25, 0.3) is 0 Å². The maximum absolute atomic E-state index is 13.7. The molecule has 0 bridgehead atoms. The van der Waals surface area contributed by atoms with Gasteiger partial charge < -0.3 is 14.8 Å². The zero-order valence-electron chi connectivity index (χ0n) is 19.0. The summed E-state index contributed by atoms with van der Waals surface area (Å²) in [5.74, 6) is -1.27. The Bertz CT molecular complexity index is 1090. The predicted molar refractivity (Wildman–Crippen MR) is 125 cm³/mol. The number of allylic oxidation sites excluding steroid dienone is 2. The van der Waals surface area contributed by atoms with Gasteiger partial charge in [0.05, 0.1) is 24.5 Å². The molecule has 7 heteroatoms. The van der Waals surface area contributed by atoms with Crippen molar-refractivity contribution in [3.05, 3.63) is 80.6 Å². The van der Waals surface area contributed by atoms with Crippen LogP contribution >= 0.6 is 11.3 Å². The number of hydrogen-bond donors (Lipinski definition) is 1. The molecule has 2 aromatic rings. The maximum Gasteiger partial charge on any atom is 0.336 e. The van der Waals surface area contributed by atoms with E-state index in [0.717, 1.165) is 10.6 Å². The van der Waals surface area contributed by atoms with Crippen molar-refractivity contribution in [2.75, 3.05) is 20.3 Å². The summed E-state index contributed by atoms with van der Waals surface area (Å²) in [6.07, 6.45) is 1.02. The van der Waals surface area contributed by atoms with E-state index in [4.69, 9.17) is 9.47 Å². The smallest absolute Gasteiger partial charge is 0.336 e. The van der Waals surface area contributed by atoms with E-state index in [1.165, 1.54) is 12.1 Å². The molecule has 5 nitrogen and oxygen atoms in total. The molecule has 0 amide bonds. The minimum atomic E-state index is -0.636. The third kappa shape index (κ3) is 4.94. The number of thiophene rings is 1. The Morgan fingerprint density at radius 2 is 1.97 bits per heavy atom. The van der Waals surface area contributed by atoms with Crippen LogP contribution in [0.2, 0.25) is 0 Å². The second-order valence-electron chi connectivity index (χ2n) is 8.86. The molecule has 0 spiro atoms. The van der Waals surface area contributed by atoms with Crippen LogP contribution in [0.1, 0.15) is 49.0 Å². The lowest BCUT2D eigenvalue weighted by molar-refractivity contribution is -0.140. The number of ketones is 1. The van der Waals surface area contributed by atoms with E-state index in [1.807, 2.05) is 25.3 Å². The number of carbonyl (C=O) groups excluding carboxylic acids is 2. The average molecular weight is 470 g/mol. The summed E-state index contributed by atoms with van der Waals surface area (Å²) in [5, 5.41) is 5.36. The first-order valence-corrected chi connectivity index (χ1v) is 12.0. The van der Waals surface area contributed by atoms with Crippen LogP contribution in [0.25, 0.3) is 0 Å². The van der Waals surface area contributed by atoms with Crippen LogP contribution in [-0.4, -0.2) is 32.1 Å². The van der Waals surface area contributed by atoms with Crippen LogP contribution in [-0.2, 0) is 19.1 Å². The topological polar surface area (TPSA) is 64.6 Å². The molecule has 1 N–H and O–H groups in total. The van der Waals surface area contributed by atoms with Crippen LogP contribution in [0.3, 0.4) is 0 Å². The predicted octanol–water partition coefficient (Wildman–Crippen LogP) is 5.07. The van der Waals surface area contributed by atoms with Gasteiger partial charge in [-0.1, -0.05) is 32.0 Å². The third-order valence-corrected chi connectivity index (χ3v) is 6.95. The van der Waals surface area contributed by atoms with Gasteiger partial charge in [0.2, 0.25) is 0 Å². The molecule has 174 valence electrons. The minimum Gasteiger partial charge on any atom is -0.462 e. The van der Waals surface area contributed by atoms with Gasteiger partial charge in [0.1, 0.15) is 5.82 Å². The summed E-state index contributed by atoms with van der Waals surface area (Å²) in [6, 6.07) is 10.0. The number of benzene rings is 1. The van der Waals surface area contributed by atoms with Crippen LogP contribution < -0.4 is 5.32 Å². The van der Waals surface area contributed by atoms with Gasteiger partial charge in [-0.3, -0.25) is 4.79 Å². The number of nitrogens with one attached hydrogen (secondary N) is 1. The molecular weight excluding hydrogens is 441 g/mol. The van der Waals surface area contributed by atoms with E-state index in [-0.39, 0.29) is 36.7 Å². The Labute approximate surface area is 197 Å². The monoisotopic (exact) mass is 469 g/mol. The number of carbonyl (C=O) groups is 2. The summed E-state index contributed by atoms with van der Waals surface area (Å²) >= 11 is 1.64. The van der Waals surface area contributed by atoms with Gasteiger partial charge in [0, 0.05) is 41.5 Å².